The first-order valence-electron chi connectivity index (χ1n) is 6.31. The van der Waals surface area contributed by atoms with Crippen LogP contribution in [-0.4, -0.2) is 24.9 Å². The van der Waals surface area contributed by atoms with Crippen LogP contribution >= 0.6 is 0 Å². The molecule has 0 aliphatic carbocycles. The Kier molecular flexibility index (Phi) is 3.13. The Balaban J connectivity index is 2.24. The Morgan fingerprint density at radius 3 is 2.45 bits per heavy atom. The summed E-state index contributed by atoms with van der Waals surface area (Å²) < 4.78 is 0. The van der Waals surface area contributed by atoms with E-state index in [1.807, 2.05) is 54.6 Å². The smallest absolute Gasteiger partial charge is 0.271 e. The van der Waals surface area contributed by atoms with Gasteiger partial charge in [-0.1, -0.05) is 48.5 Å². The highest BCUT2D eigenvalue weighted by atomic mass is 16.2. The van der Waals surface area contributed by atoms with Crippen molar-refractivity contribution in [3.8, 4) is 0 Å². The molecule has 0 radical (unpaired) electrons. The van der Waals surface area contributed by atoms with Crippen molar-refractivity contribution in [2.24, 2.45) is 10.2 Å². The molecule has 4 heteroatoms. The third-order valence-corrected chi connectivity index (χ3v) is 3.22. The zero-order valence-electron chi connectivity index (χ0n) is 11.0. The van der Waals surface area contributed by atoms with E-state index < -0.39 is 0 Å². The van der Waals surface area contributed by atoms with Gasteiger partial charge in [0.2, 0.25) is 0 Å². The zero-order chi connectivity index (χ0) is 13.9. The van der Waals surface area contributed by atoms with Crippen LogP contribution in [0.1, 0.15) is 11.1 Å². The largest absolute Gasteiger partial charge is 0.310 e. The molecule has 0 fully saturated rings. The topological polar surface area (TPSA) is 45.0 Å². The molecule has 0 N–H and O–H groups in total. The number of fused-ring (bicyclic) bond motifs is 1. The summed E-state index contributed by atoms with van der Waals surface area (Å²) in [7, 11) is 1.74. The lowest BCUT2D eigenvalue weighted by Gasteiger charge is -2.21. The SMILES string of the molecule is CN1C(=O)C=NN=C(c2ccccc2)c2ccccc21. The predicted molar refractivity (Wildman–Crippen MR) is 80.4 cm³/mol. The maximum atomic E-state index is 11.9. The quantitative estimate of drug-likeness (QED) is 0.779. The molecule has 4 nitrogen and oxygen atoms in total. The van der Waals surface area contributed by atoms with Gasteiger partial charge in [0.25, 0.3) is 5.91 Å². The predicted octanol–water partition coefficient (Wildman–Crippen LogP) is 2.49. The van der Waals surface area contributed by atoms with Gasteiger partial charge in [-0.05, 0) is 6.07 Å². The highest BCUT2D eigenvalue weighted by molar-refractivity contribution is 6.34. The van der Waals surface area contributed by atoms with E-state index in [1.165, 1.54) is 6.21 Å². The van der Waals surface area contributed by atoms with Gasteiger partial charge in [0.15, 0.2) is 0 Å². The maximum Gasteiger partial charge on any atom is 0.271 e. The van der Waals surface area contributed by atoms with E-state index in [0.717, 1.165) is 22.5 Å². The lowest BCUT2D eigenvalue weighted by atomic mass is 10.00. The first-order chi connectivity index (χ1) is 9.77. The van der Waals surface area contributed by atoms with Gasteiger partial charge in [-0.3, -0.25) is 4.79 Å². The van der Waals surface area contributed by atoms with E-state index in [1.54, 1.807) is 11.9 Å². The molecule has 1 aliphatic rings. The number of carbonyl (C=O) groups excluding carboxylic acids is 1. The first kappa shape index (κ1) is 12.3. The molecule has 0 saturated carbocycles. The molecule has 1 heterocycles. The number of nitrogens with zero attached hydrogens (tertiary/aromatic N) is 3. The number of rotatable bonds is 1. The third-order valence-electron chi connectivity index (χ3n) is 3.22. The van der Waals surface area contributed by atoms with Crippen LogP contribution in [0.2, 0.25) is 0 Å². The number of carbonyl (C=O) groups is 1. The molecule has 1 aliphatic heterocycles. The van der Waals surface area contributed by atoms with Crippen LogP contribution in [0.4, 0.5) is 5.69 Å². The molecular formula is C16H13N3O. The van der Waals surface area contributed by atoms with Crippen LogP contribution in [0.3, 0.4) is 0 Å². The minimum absolute atomic E-state index is 0.187. The number of benzene rings is 2. The van der Waals surface area contributed by atoms with Crippen molar-refractivity contribution in [2.75, 3.05) is 11.9 Å². The fourth-order valence-electron chi connectivity index (χ4n) is 2.17. The van der Waals surface area contributed by atoms with Crippen LogP contribution < -0.4 is 4.90 Å². The van der Waals surface area contributed by atoms with Crippen LogP contribution in [0.15, 0.2) is 64.8 Å². The molecule has 2 aromatic rings. The minimum atomic E-state index is -0.187. The molecule has 0 unspecified atom stereocenters. The highest BCUT2D eigenvalue weighted by Gasteiger charge is 2.19. The molecule has 0 aromatic heterocycles. The van der Waals surface area contributed by atoms with Crippen molar-refractivity contribution in [1.29, 1.82) is 0 Å². The van der Waals surface area contributed by atoms with Gasteiger partial charge >= 0.3 is 0 Å². The van der Waals surface area contributed by atoms with Crippen LogP contribution in [0.25, 0.3) is 0 Å². The Hall–Kier alpha value is -2.75. The van der Waals surface area contributed by atoms with Crippen molar-refractivity contribution in [3.63, 3.8) is 0 Å². The first-order valence-corrected chi connectivity index (χ1v) is 6.31. The summed E-state index contributed by atoms with van der Waals surface area (Å²) in [6.45, 7) is 0. The Bertz CT molecular complexity index is 705. The number of para-hydroxylation sites is 1. The Labute approximate surface area is 117 Å². The second-order valence-electron chi connectivity index (χ2n) is 4.47. The third kappa shape index (κ3) is 2.12. The van der Waals surface area contributed by atoms with Crippen molar-refractivity contribution in [2.45, 2.75) is 0 Å². The average molecular weight is 263 g/mol. The van der Waals surface area contributed by atoms with E-state index >= 15 is 0 Å². The van der Waals surface area contributed by atoms with Gasteiger partial charge < -0.3 is 4.90 Å². The zero-order valence-corrected chi connectivity index (χ0v) is 11.0. The van der Waals surface area contributed by atoms with Crippen molar-refractivity contribution < 1.29 is 4.79 Å². The molecule has 1 amide bonds. The van der Waals surface area contributed by atoms with Crippen molar-refractivity contribution >= 4 is 23.5 Å². The highest BCUT2D eigenvalue weighted by Crippen LogP contribution is 2.24. The second kappa shape index (κ2) is 5.09. The molecule has 0 atom stereocenters. The number of hydrogen-bond acceptors (Lipinski definition) is 3. The van der Waals surface area contributed by atoms with Gasteiger partial charge in [0.1, 0.15) is 11.9 Å². The summed E-state index contributed by atoms with van der Waals surface area (Å²) in [6.07, 6.45) is 1.23. The number of anilines is 1. The van der Waals surface area contributed by atoms with E-state index in [0.29, 0.717) is 0 Å². The van der Waals surface area contributed by atoms with Gasteiger partial charge in [-0.15, -0.1) is 5.10 Å². The van der Waals surface area contributed by atoms with E-state index in [-0.39, 0.29) is 5.91 Å². The molecule has 20 heavy (non-hydrogen) atoms. The second-order valence-corrected chi connectivity index (χ2v) is 4.47. The minimum Gasteiger partial charge on any atom is -0.310 e. The molecule has 2 aromatic carbocycles. The Morgan fingerprint density at radius 1 is 0.950 bits per heavy atom. The lowest BCUT2D eigenvalue weighted by Crippen LogP contribution is -2.29. The summed E-state index contributed by atoms with van der Waals surface area (Å²) in [5.74, 6) is -0.187. The van der Waals surface area contributed by atoms with Gasteiger partial charge in [0, 0.05) is 18.2 Å². The normalized spacial score (nSPS) is 14.3. The lowest BCUT2D eigenvalue weighted by molar-refractivity contribution is -0.111. The van der Waals surface area contributed by atoms with Crippen LogP contribution in [-0.2, 0) is 4.79 Å². The molecule has 98 valence electrons. The van der Waals surface area contributed by atoms with Crippen LogP contribution in [0, 0.1) is 0 Å². The summed E-state index contributed by atoms with van der Waals surface area (Å²) in [5, 5.41) is 8.11. The fraction of sp³-hybridized carbons (Fsp3) is 0.0625. The summed E-state index contributed by atoms with van der Waals surface area (Å²) in [4.78, 5) is 13.5. The summed E-state index contributed by atoms with van der Waals surface area (Å²) >= 11 is 0. The molecule has 0 spiro atoms. The fourth-order valence-corrected chi connectivity index (χ4v) is 2.17. The molecule has 0 saturated heterocycles. The number of hydrogen-bond donors (Lipinski definition) is 0. The van der Waals surface area contributed by atoms with E-state index in [4.69, 9.17) is 0 Å². The van der Waals surface area contributed by atoms with Gasteiger partial charge in [-0.2, -0.15) is 5.10 Å². The van der Waals surface area contributed by atoms with Crippen LogP contribution in [0.5, 0.6) is 0 Å². The maximum absolute atomic E-state index is 11.9. The van der Waals surface area contributed by atoms with Crippen molar-refractivity contribution in [3.05, 3.63) is 65.7 Å². The molecular weight excluding hydrogens is 250 g/mol. The Morgan fingerprint density at radius 2 is 1.65 bits per heavy atom. The van der Waals surface area contributed by atoms with Gasteiger partial charge in [-0.25, -0.2) is 0 Å². The van der Waals surface area contributed by atoms with E-state index in [2.05, 4.69) is 10.2 Å². The van der Waals surface area contributed by atoms with E-state index in [9.17, 15) is 4.79 Å². The van der Waals surface area contributed by atoms with Gasteiger partial charge in [0.05, 0.1) is 5.69 Å². The molecule has 0 bridgehead atoms. The van der Waals surface area contributed by atoms with Crippen molar-refractivity contribution in [1.82, 2.24) is 0 Å². The summed E-state index contributed by atoms with van der Waals surface area (Å²) in [6, 6.07) is 17.5. The summed E-state index contributed by atoms with van der Waals surface area (Å²) in [5.41, 5.74) is 3.45. The standard InChI is InChI=1S/C16H13N3O/c1-19-14-10-6-5-9-13(14)16(18-17-11-15(19)20)12-7-3-2-4-8-12/h2-11H,1H3. The molecule has 3 rings (SSSR count). The average Bonchev–Trinajstić information content (AvgIpc) is 2.50. The number of amides is 1. The monoisotopic (exact) mass is 263 g/mol.